The van der Waals surface area contributed by atoms with Crippen LogP contribution < -0.4 is 0 Å². The number of hydrogen-bond acceptors (Lipinski definition) is 0. The van der Waals surface area contributed by atoms with Gasteiger partial charge in [0.2, 0.25) is 0 Å². The molecule has 0 saturated carbocycles. The van der Waals surface area contributed by atoms with E-state index in [-0.39, 0.29) is 0 Å². The molecule has 0 aliphatic heterocycles. The fourth-order valence-electron chi connectivity index (χ4n) is 26.5. The van der Waals surface area contributed by atoms with Gasteiger partial charge in [0.15, 0.2) is 0 Å². The molecule has 0 spiro atoms. The molecule has 0 fully saturated rings. The highest BCUT2D eigenvalue weighted by Crippen LogP contribution is 2.61. The molecule has 3 aliphatic rings. The lowest BCUT2D eigenvalue weighted by atomic mass is 9.75. The molecule has 0 aromatic heterocycles. The van der Waals surface area contributed by atoms with E-state index in [1.54, 1.807) is 0 Å². The highest BCUT2D eigenvalue weighted by molar-refractivity contribution is 6.31. The van der Waals surface area contributed by atoms with Crippen LogP contribution in [0.5, 0.6) is 0 Å². The monoisotopic (exact) mass is 1870 g/mol. The lowest BCUT2D eigenvalue weighted by Crippen LogP contribution is -2.04. The average molecular weight is 1870 g/mol. The Morgan fingerprint density at radius 3 is 0.600 bits per heavy atom. The zero-order valence-corrected chi connectivity index (χ0v) is 89.0. The zero-order chi connectivity index (χ0) is 101. The molecule has 22 aromatic rings. The number of benzene rings is 22. The largest absolute Gasteiger partial charge is 0.0622 e. The summed E-state index contributed by atoms with van der Waals surface area (Å²) >= 11 is 0. The Labute approximate surface area is 858 Å². The van der Waals surface area contributed by atoms with E-state index in [0.29, 0.717) is 0 Å². The first kappa shape index (κ1) is 93.3. The van der Waals surface area contributed by atoms with Crippen molar-refractivity contribution in [2.75, 3.05) is 0 Å². The second kappa shape index (κ2) is 35.9. The molecule has 0 saturated heterocycles. The molecule has 0 N–H and O–H groups in total. The van der Waals surface area contributed by atoms with Gasteiger partial charge in [0.05, 0.1) is 0 Å². The molecule has 0 unspecified atom stereocenters. The van der Waals surface area contributed by atoms with Crippen molar-refractivity contribution in [3.05, 3.63) is 470 Å². The van der Waals surface area contributed by atoms with Gasteiger partial charge in [0.25, 0.3) is 0 Å². The van der Waals surface area contributed by atoms with Crippen LogP contribution in [0.15, 0.2) is 303 Å². The summed E-state index contributed by atoms with van der Waals surface area (Å²) in [4.78, 5) is 0. The summed E-state index contributed by atoms with van der Waals surface area (Å²) in [6.45, 7) is 56.3. The first-order valence-corrected chi connectivity index (χ1v) is 52.4. The van der Waals surface area contributed by atoms with Crippen molar-refractivity contribution in [3.8, 4) is 134 Å². The number of aryl methyl sites for hydroxylation is 12. The van der Waals surface area contributed by atoms with Gasteiger partial charge < -0.3 is 0 Å². The quantitative estimate of drug-likeness (QED) is 0.126. The minimum Gasteiger partial charge on any atom is -0.0622 e. The van der Waals surface area contributed by atoms with E-state index in [0.717, 1.165) is 19.3 Å². The second-order valence-electron chi connectivity index (χ2n) is 42.7. The molecular weight excluding hydrogens is 1740 g/mol. The SMILES string of the molecule is Cc1c(C)c(C)c2c(-c3cccc4c3-c3ccccc3C4)c3c(C)c(C)c(C)c(C)c3c(-c3ccc4ccccc4c3)c2c1C.Cc1c(C)c(C)c2c(-c3cccc4c3-c3ccccc3C4)c3c(C)c(C)c(C)c(C)c3c(-c3ccccc3-c3ccc(-c4ccccc4)cc3)c2c1C.Cc1c(C)c(C)c2c(-c3cccc4c3-c3ccccc3C4)c3c(C)c(C)c(C)c(C)c3c(-c3ccccc3-c3ccccc3)c2c1C. The van der Waals surface area contributed by atoms with Crippen LogP contribution in [0.2, 0.25) is 0 Å². The highest BCUT2D eigenvalue weighted by atomic mass is 14.4. The lowest BCUT2D eigenvalue weighted by molar-refractivity contribution is 1.24. The Morgan fingerprint density at radius 2 is 0.303 bits per heavy atom. The molecule has 25 rings (SSSR count). The Hall–Kier alpha value is -15.3. The van der Waals surface area contributed by atoms with Crippen molar-refractivity contribution < 1.29 is 0 Å². The van der Waals surface area contributed by atoms with Crippen molar-refractivity contribution in [2.24, 2.45) is 0 Å². The molecule has 145 heavy (non-hydrogen) atoms. The van der Waals surface area contributed by atoms with E-state index in [1.165, 1.54) is 376 Å². The average Bonchev–Trinajstić information content (AvgIpc) is 1.70. The van der Waals surface area contributed by atoms with Crippen LogP contribution in [0.4, 0.5) is 0 Å². The Balaban J connectivity index is 0.000000121. The van der Waals surface area contributed by atoms with Gasteiger partial charge in [-0.25, -0.2) is 0 Å². The van der Waals surface area contributed by atoms with Gasteiger partial charge in [-0.05, 0) is 567 Å². The van der Waals surface area contributed by atoms with Crippen molar-refractivity contribution >= 4 is 75.4 Å². The molecule has 3 aliphatic carbocycles. The Kier molecular flexibility index (Phi) is 23.1. The fraction of sp³-hybridized carbons (Fsp3) is 0.186. The zero-order valence-electron chi connectivity index (χ0n) is 89.0. The molecule has 0 heterocycles. The lowest BCUT2D eigenvalue weighted by Gasteiger charge is -2.28. The molecule has 0 amide bonds. The molecular formula is C145H128. The highest BCUT2D eigenvalue weighted by Gasteiger charge is 2.36. The van der Waals surface area contributed by atoms with Gasteiger partial charge in [-0.2, -0.15) is 0 Å². The third kappa shape index (κ3) is 14.3. The van der Waals surface area contributed by atoms with Crippen LogP contribution >= 0.6 is 0 Å². The predicted octanol–water partition coefficient (Wildman–Crippen LogP) is 40.3. The molecule has 0 radical (unpaired) electrons. The summed E-state index contributed by atoms with van der Waals surface area (Å²) in [6.07, 6.45) is 2.97. The molecule has 0 nitrogen and oxygen atoms in total. The van der Waals surface area contributed by atoms with E-state index in [4.69, 9.17) is 0 Å². The Bertz CT molecular complexity index is 9110. The van der Waals surface area contributed by atoms with Crippen molar-refractivity contribution in [3.63, 3.8) is 0 Å². The first-order valence-electron chi connectivity index (χ1n) is 52.4. The van der Waals surface area contributed by atoms with Crippen LogP contribution in [0, 0.1) is 166 Å². The molecule has 0 heteroatoms. The summed E-state index contributed by atoms with van der Waals surface area (Å²) in [6, 6.07) is 113. The van der Waals surface area contributed by atoms with Crippen LogP contribution in [0.25, 0.3) is 209 Å². The van der Waals surface area contributed by atoms with Gasteiger partial charge >= 0.3 is 0 Å². The minimum absolute atomic E-state index is 0.982. The fourth-order valence-corrected chi connectivity index (χ4v) is 26.5. The van der Waals surface area contributed by atoms with Gasteiger partial charge in [-0.3, -0.25) is 0 Å². The van der Waals surface area contributed by atoms with Crippen molar-refractivity contribution in [2.45, 2.75) is 185 Å². The van der Waals surface area contributed by atoms with Crippen LogP contribution in [0.3, 0.4) is 0 Å². The van der Waals surface area contributed by atoms with Gasteiger partial charge in [-0.15, -0.1) is 0 Å². The smallest absolute Gasteiger partial charge is 0.00132 e. The van der Waals surface area contributed by atoms with Gasteiger partial charge in [0, 0.05) is 0 Å². The standard InChI is InChI=1S/C53H46.C47H42.C45H40/c1-30-32(3)36(7)49-47(34(30)5)52(45-23-15-14-21-43(45)40-27-25-39(26-28-40)38-17-10-9-11-18-38)48-35(6)31(2)33(4)37(8)50(48)53(49)46-24-16-20-42-29-41-19-12-13-22-44(41)51(42)46;1-26-28(3)32(7)43-41(30(26)5)46(39-23-15-14-21-37(39)34-17-10-9-11-18-34)42-31(6)27(2)29(4)33(8)44(42)47(43)40-24-16-20-36-25-35-19-12-13-22-38(35)45(36)40;1-24-26(3)30(7)41-39(28(24)5)44(36-21-20-32-14-9-10-15-33(32)22-36)40-29(6)25(2)27(4)31(8)42(40)45(41)38-19-13-17-35-23-34-16-11-12-18-37(34)43(35)38/h9-28H,29H2,1-8H3;9-24H,25H2,1-8H3;9-22H,23H2,1-8H3. The Morgan fingerprint density at radius 1 is 0.110 bits per heavy atom. The van der Waals surface area contributed by atoms with Gasteiger partial charge in [0.1, 0.15) is 0 Å². The topological polar surface area (TPSA) is 0 Å². The third-order valence-corrected chi connectivity index (χ3v) is 36.2. The number of hydrogen-bond donors (Lipinski definition) is 0. The summed E-state index contributed by atoms with van der Waals surface area (Å²) in [5.74, 6) is 0. The summed E-state index contributed by atoms with van der Waals surface area (Å²) in [5.41, 5.74) is 74.1. The molecule has 0 atom stereocenters. The number of rotatable bonds is 9. The summed E-state index contributed by atoms with van der Waals surface area (Å²) in [5, 5.41) is 19.4. The van der Waals surface area contributed by atoms with Crippen molar-refractivity contribution in [1.29, 1.82) is 0 Å². The minimum atomic E-state index is 0.982. The predicted molar refractivity (Wildman–Crippen MR) is 629 cm³/mol. The van der Waals surface area contributed by atoms with Crippen LogP contribution in [0.1, 0.15) is 167 Å². The van der Waals surface area contributed by atoms with Crippen molar-refractivity contribution in [1.82, 2.24) is 0 Å². The molecule has 22 aromatic carbocycles. The maximum Gasteiger partial charge on any atom is -0.00132 e. The normalized spacial score (nSPS) is 12.2. The van der Waals surface area contributed by atoms with Crippen LogP contribution in [-0.2, 0) is 19.3 Å². The van der Waals surface area contributed by atoms with E-state index in [9.17, 15) is 0 Å². The van der Waals surface area contributed by atoms with E-state index < -0.39 is 0 Å². The molecule has 0 bridgehead atoms. The summed E-state index contributed by atoms with van der Waals surface area (Å²) < 4.78 is 0. The van der Waals surface area contributed by atoms with Gasteiger partial charge in [-0.1, -0.05) is 297 Å². The first-order chi connectivity index (χ1) is 70.1. The third-order valence-electron chi connectivity index (χ3n) is 36.2. The maximum atomic E-state index is 2.42. The van der Waals surface area contributed by atoms with E-state index in [1.807, 2.05) is 0 Å². The second-order valence-corrected chi connectivity index (χ2v) is 42.7. The maximum absolute atomic E-state index is 2.42. The van der Waals surface area contributed by atoms with E-state index in [2.05, 4.69) is 469 Å². The number of fused-ring (bicyclic) bond motifs is 16. The molecule has 708 valence electrons. The van der Waals surface area contributed by atoms with E-state index >= 15 is 0 Å². The van der Waals surface area contributed by atoms with Crippen LogP contribution in [-0.4, -0.2) is 0 Å². The summed E-state index contributed by atoms with van der Waals surface area (Å²) in [7, 11) is 0.